The maximum absolute atomic E-state index is 13.5. The van der Waals surface area contributed by atoms with E-state index in [0.717, 1.165) is 110 Å². The molecular formula is C42H81NO5. The van der Waals surface area contributed by atoms with Gasteiger partial charge in [-0.1, -0.05) is 143 Å². The molecule has 0 aliphatic carbocycles. The van der Waals surface area contributed by atoms with Crippen molar-refractivity contribution in [3.8, 4) is 0 Å². The molecule has 1 fully saturated rings. The van der Waals surface area contributed by atoms with Crippen LogP contribution in [0.5, 0.6) is 0 Å². The van der Waals surface area contributed by atoms with Gasteiger partial charge in [0.25, 0.3) is 0 Å². The molecule has 0 saturated carbocycles. The van der Waals surface area contributed by atoms with Crippen molar-refractivity contribution in [3.63, 3.8) is 0 Å². The third-order valence-electron chi connectivity index (χ3n) is 10.9. The molecule has 1 saturated heterocycles. The van der Waals surface area contributed by atoms with Crippen molar-refractivity contribution in [2.45, 2.75) is 195 Å². The van der Waals surface area contributed by atoms with Gasteiger partial charge in [0.15, 0.2) is 0 Å². The largest absolute Gasteiger partial charge is 0.465 e. The number of piperidine rings is 1. The Labute approximate surface area is 298 Å². The van der Waals surface area contributed by atoms with Crippen molar-refractivity contribution in [2.75, 3.05) is 39.5 Å². The van der Waals surface area contributed by atoms with E-state index >= 15 is 0 Å². The molecule has 0 radical (unpaired) electrons. The number of aliphatic hydroxyl groups is 1. The van der Waals surface area contributed by atoms with Crippen molar-refractivity contribution < 1.29 is 24.2 Å². The lowest BCUT2D eigenvalue weighted by molar-refractivity contribution is -0.156. The quantitative estimate of drug-likeness (QED) is 0.0549. The maximum atomic E-state index is 13.5. The highest BCUT2D eigenvalue weighted by molar-refractivity contribution is 5.73. The van der Waals surface area contributed by atoms with Crippen LogP contribution < -0.4 is 0 Å². The van der Waals surface area contributed by atoms with Crippen LogP contribution in [0.4, 0.5) is 0 Å². The molecule has 0 bridgehead atoms. The zero-order chi connectivity index (χ0) is 35.1. The zero-order valence-electron chi connectivity index (χ0n) is 32.5. The monoisotopic (exact) mass is 680 g/mol. The third kappa shape index (κ3) is 22.6. The molecule has 284 valence electrons. The number of ether oxygens (including phenoxy) is 2. The first-order valence-corrected chi connectivity index (χ1v) is 21.2. The van der Waals surface area contributed by atoms with E-state index < -0.39 is 0 Å². The van der Waals surface area contributed by atoms with Crippen LogP contribution in [0, 0.1) is 23.7 Å². The van der Waals surface area contributed by atoms with E-state index in [0.29, 0.717) is 19.1 Å². The smallest absolute Gasteiger partial charge is 0.308 e. The second-order valence-electron chi connectivity index (χ2n) is 15.1. The summed E-state index contributed by atoms with van der Waals surface area (Å²) in [6, 6.07) is 0. The van der Waals surface area contributed by atoms with Crippen LogP contribution in [0.3, 0.4) is 0 Å². The van der Waals surface area contributed by atoms with Crippen LogP contribution >= 0.6 is 0 Å². The lowest BCUT2D eigenvalue weighted by atomic mass is 9.85. The molecule has 0 aromatic rings. The van der Waals surface area contributed by atoms with Gasteiger partial charge in [-0.15, -0.1) is 0 Å². The minimum Gasteiger partial charge on any atom is -0.465 e. The van der Waals surface area contributed by atoms with E-state index in [9.17, 15) is 14.7 Å². The average Bonchev–Trinajstić information content (AvgIpc) is 3.10. The van der Waals surface area contributed by atoms with E-state index in [1.165, 1.54) is 77.0 Å². The van der Waals surface area contributed by atoms with Gasteiger partial charge in [0, 0.05) is 12.5 Å². The number of esters is 2. The minimum atomic E-state index is -0.0352. The van der Waals surface area contributed by atoms with E-state index in [2.05, 4.69) is 32.6 Å². The Morgan fingerprint density at radius 1 is 0.562 bits per heavy atom. The van der Waals surface area contributed by atoms with Gasteiger partial charge in [-0.05, 0) is 76.9 Å². The molecule has 1 heterocycles. The van der Waals surface area contributed by atoms with Crippen LogP contribution in [0.2, 0.25) is 0 Å². The molecule has 1 N–H and O–H groups in total. The number of likely N-dealkylation sites (tertiary alicyclic amines) is 1. The summed E-state index contributed by atoms with van der Waals surface area (Å²) in [4.78, 5) is 29.4. The number of hydrogen-bond donors (Lipinski definition) is 1. The topological polar surface area (TPSA) is 76.1 Å². The lowest BCUT2D eigenvalue weighted by Crippen LogP contribution is -2.39. The summed E-state index contributed by atoms with van der Waals surface area (Å²) < 4.78 is 12.3. The summed E-state index contributed by atoms with van der Waals surface area (Å²) in [7, 11) is 0. The predicted molar refractivity (Wildman–Crippen MR) is 202 cm³/mol. The van der Waals surface area contributed by atoms with Crippen molar-refractivity contribution >= 4 is 11.9 Å². The Morgan fingerprint density at radius 3 is 1.38 bits per heavy atom. The van der Waals surface area contributed by atoms with E-state index in [1.54, 1.807) is 0 Å². The van der Waals surface area contributed by atoms with Crippen molar-refractivity contribution in [3.05, 3.63) is 0 Å². The zero-order valence-corrected chi connectivity index (χ0v) is 32.5. The maximum Gasteiger partial charge on any atom is 0.308 e. The first kappa shape index (κ1) is 44.9. The Morgan fingerprint density at radius 2 is 0.958 bits per heavy atom. The summed E-state index contributed by atoms with van der Waals surface area (Å²) in [5.41, 5.74) is 0. The first-order valence-electron chi connectivity index (χ1n) is 21.2. The van der Waals surface area contributed by atoms with Crippen LogP contribution in [0.25, 0.3) is 0 Å². The van der Waals surface area contributed by atoms with Gasteiger partial charge < -0.3 is 19.5 Å². The van der Waals surface area contributed by atoms with Gasteiger partial charge in [0.05, 0.1) is 25.0 Å². The fraction of sp³-hybridized carbons (Fsp3) is 0.952. The second-order valence-corrected chi connectivity index (χ2v) is 15.1. The van der Waals surface area contributed by atoms with E-state index in [1.807, 2.05) is 0 Å². The van der Waals surface area contributed by atoms with Crippen LogP contribution in [0.15, 0.2) is 0 Å². The Bertz CT molecular complexity index is 692. The molecule has 0 aromatic heterocycles. The van der Waals surface area contributed by atoms with Crippen LogP contribution in [-0.2, 0) is 19.1 Å². The molecular weight excluding hydrogens is 598 g/mol. The number of carbonyl (C=O) groups excluding carboxylic acids is 2. The Balaban J connectivity index is 2.78. The normalized spacial score (nSPS) is 16.1. The van der Waals surface area contributed by atoms with E-state index in [-0.39, 0.29) is 36.3 Å². The number of rotatable bonds is 33. The third-order valence-corrected chi connectivity index (χ3v) is 10.9. The molecule has 0 amide bonds. The number of carbonyl (C=O) groups is 2. The molecule has 1 rings (SSSR count). The molecule has 2 unspecified atom stereocenters. The average molecular weight is 680 g/mol. The van der Waals surface area contributed by atoms with Gasteiger partial charge >= 0.3 is 11.9 Å². The molecule has 1 aliphatic rings. The summed E-state index contributed by atoms with van der Waals surface area (Å²) >= 11 is 0. The highest BCUT2D eigenvalue weighted by atomic mass is 16.5. The first-order chi connectivity index (χ1) is 23.5. The van der Waals surface area contributed by atoms with Gasteiger partial charge in [-0.3, -0.25) is 9.59 Å². The highest BCUT2D eigenvalue weighted by Crippen LogP contribution is 2.28. The molecule has 0 aromatic carbocycles. The summed E-state index contributed by atoms with van der Waals surface area (Å²) in [5, 5.41) is 9.19. The van der Waals surface area contributed by atoms with Gasteiger partial charge in [0.2, 0.25) is 0 Å². The van der Waals surface area contributed by atoms with Crippen molar-refractivity contribution in [1.82, 2.24) is 4.90 Å². The second kappa shape index (κ2) is 31.8. The van der Waals surface area contributed by atoms with Crippen molar-refractivity contribution in [1.29, 1.82) is 0 Å². The van der Waals surface area contributed by atoms with Crippen LogP contribution in [0.1, 0.15) is 195 Å². The molecule has 2 atom stereocenters. The number of aliphatic hydroxyl groups excluding tert-OH is 1. The SMILES string of the molecule is CCCCCCCCCC(CCCC)C(=O)OCC(COC(=O)C(CCCC)CCCCCCCCC)C1CCN(CCCCO)CC1. The highest BCUT2D eigenvalue weighted by Gasteiger charge is 2.31. The van der Waals surface area contributed by atoms with E-state index in [4.69, 9.17) is 9.47 Å². The summed E-state index contributed by atoms with van der Waals surface area (Å²) in [6.07, 6.45) is 29.5. The minimum absolute atomic E-state index is 0.0161. The van der Waals surface area contributed by atoms with Gasteiger partial charge in [-0.2, -0.15) is 0 Å². The molecule has 48 heavy (non-hydrogen) atoms. The van der Waals surface area contributed by atoms with Gasteiger partial charge in [0.1, 0.15) is 0 Å². The number of unbranched alkanes of at least 4 members (excludes halogenated alkanes) is 15. The fourth-order valence-corrected chi connectivity index (χ4v) is 7.39. The summed E-state index contributed by atoms with van der Waals surface area (Å²) in [6.45, 7) is 12.9. The molecule has 1 aliphatic heterocycles. The Hall–Kier alpha value is -1.14. The van der Waals surface area contributed by atoms with Crippen LogP contribution in [-0.4, -0.2) is 61.4 Å². The number of hydrogen-bond acceptors (Lipinski definition) is 6. The lowest BCUT2D eigenvalue weighted by Gasteiger charge is -2.36. The molecule has 6 nitrogen and oxygen atoms in total. The Kier molecular flexibility index (Phi) is 29.7. The van der Waals surface area contributed by atoms with Crippen molar-refractivity contribution in [2.24, 2.45) is 23.7 Å². The number of nitrogens with zero attached hydrogens (tertiary/aromatic N) is 1. The molecule has 0 spiro atoms. The fourth-order valence-electron chi connectivity index (χ4n) is 7.39. The van der Waals surface area contributed by atoms with Gasteiger partial charge in [-0.25, -0.2) is 0 Å². The summed E-state index contributed by atoms with van der Waals surface area (Å²) in [5.74, 6) is 0.330. The molecule has 6 heteroatoms. The standard InChI is InChI=1S/C42H81NO5/c1-5-9-13-15-17-19-21-27-38(25-11-7-3)41(45)47-35-40(37-29-32-43(33-30-37)31-23-24-34-44)36-48-42(46)39(26-12-8-4)28-22-20-18-16-14-10-6-2/h37-40,44H,5-36H2,1-4H3. The predicted octanol–water partition coefficient (Wildman–Crippen LogP) is 11.1.